The minimum Gasteiger partial charge on any atom is -0.322 e. The van der Waals surface area contributed by atoms with E-state index < -0.39 is 17.6 Å². The first-order chi connectivity index (χ1) is 13.5. The fourth-order valence-corrected chi connectivity index (χ4v) is 3.83. The molecule has 0 spiro atoms. The maximum atomic E-state index is 14.4. The van der Waals surface area contributed by atoms with Crippen LogP contribution in [-0.4, -0.2) is 25.7 Å². The summed E-state index contributed by atoms with van der Waals surface area (Å²) >= 11 is 0. The zero-order valence-corrected chi connectivity index (χ0v) is 14.8. The van der Waals surface area contributed by atoms with Crippen LogP contribution >= 0.6 is 0 Å². The molecule has 5 rings (SSSR count). The molecule has 0 radical (unpaired) electrons. The predicted octanol–water partition coefficient (Wildman–Crippen LogP) is 3.81. The number of nitrogens with zero attached hydrogens (tertiary/aromatic N) is 3. The molecule has 1 aliphatic rings. The van der Waals surface area contributed by atoms with Crippen LogP contribution in [0.3, 0.4) is 0 Å². The maximum Gasteiger partial charge on any atom is 0.231 e. The second-order valence-electron chi connectivity index (χ2n) is 6.78. The number of carbonyl (C=O) groups is 1. The number of carbonyl (C=O) groups excluding carboxylic acids is 1. The lowest BCUT2D eigenvalue weighted by Gasteiger charge is -2.24. The molecule has 2 aromatic carbocycles. The predicted molar refractivity (Wildman–Crippen MR) is 99.4 cm³/mol. The first kappa shape index (κ1) is 16.6. The van der Waals surface area contributed by atoms with Gasteiger partial charge >= 0.3 is 0 Å². The fraction of sp³-hybridized carbons (Fsp3) is 0.150. The van der Waals surface area contributed by atoms with Crippen molar-refractivity contribution in [2.75, 3.05) is 5.32 Å². The summed E-state index contributed by atoms with van der Waals surface area (Å²) in [5.41, 5.74) is 2.61. The van der Waals surface area contributed by atoms with Crippen molar-refractivity contribution in [2.45, 2.75) is 19.3 Å². The van der Waals surface area contributed by atoms with Crippen LogP contribution in [0.2, 0.25) is 0 Å². The molecule has 4 aromatic rings. The topological polar surface area (TPSA) is 75.6 Å². The molecule has 140 valence electrons. The van der Waals surface area contributed by atoms with Crippen molar-refractivity contribution in [3.05, 3.63) is 70.9 Å². The van der Waals surface area contributed by atoms with Gasteiger partial charge in [0.15, 0.2) is 0 Å². The summed E-state index contributed by atoms with van der Waals surface area (Å²) in [5.74, 6) is -1.66. The monoisotopic (exact) mass is 379 g/mol. The SMILES string of the molecule is Cc1nn(-c2nc3ccccc3[nH]2)c2c1[C@H](c1c(F)cccc1F)CC(=O)N2. The molecule has 0 bridgehead atoms. The Kier molecular flexibility index (Phi) is 3.55. The Bertz CT molecular complexity index is 1190. The highest BCUT2D eigenvalue weighted by Gasteiger charge is 2.36. The molecule has 2 aromatic heterocycles. The van der Waals surface area contributed by atoms with Gasteiger partial charge in [-0.3, -0.25) is 4.79 Å². The summed E-state index contributed by atoms with van der Waals surface area (Å²) in [6.07, 6.45) is -0.0580. The highest BCUT2D eigenvalue weighted by Crippen LogP contribution is 2.41. The summed E-state index contributed by atoms with van der Waals surface area (Å²) in [6, 6.07) is 11.2. The summed E-state index contributed by atoms with van der Waals surface area (Å²) in [6.45, 7) is 1.75. The molecule has 8 heteroatoms. The third-order valence-electron chi connectivity index (χ3n) is 5.03. The van der Waals surface area contributed by atoms with Crippen molar-refractivity contribution in [3.8, 4) is 5.95 Å². The minimum absolute atomic E-state index is 0.0580. The van der Waals surface area contributed by atoms with Crippen molar-refractivity contribution in [3.63, 3.8) is 0 Å². The molecule has 2 N–H and O–H groups in total. The first-order valence-corrected chi connectivity index (χ1v) is 8.81. The number of aryl methyl sites for hydroxylation is 1. The number of nitrogens with one attached hydrogen (secondary N) is 2. The highest BCUT2D eigenvalue weighted by atomic mass is 19.1. The van der Waals surface area contributed by atoms with E-state index in [0.717, 1.165) is 11.0 Å². The molecule has 0 saturated heterocycles. The number of amides is 1. The molecule has 0 unspecified atom stereocenters. The average molecular weight is 379 g/mol. The van der Waals surface area contributed by atoms with Crippen molar-refractivity contribution in [1.82, 2.24) is 19.7 Å². The number of rotatable bonds is 2. The zero-order valence-electron chi connectivity index (χ0n) is 14.8. The van der Waals surface area contributed by atoms with E-state index >= 15 is 0 Å². The normalized spacial score (nSPS) is 16.2. The Labute approximate surface area is 158 Å². The van der Waals surface area contributed by atoms with Gasteiger partial charge in [-0.2, -0.15) is 9.78 Å². The van der Waals surface area contributed by atoms with E-state index in [1.165, 1.54) is 22.9 Å². The standard InChI is InChI=1S/C20H15F2N5O/c1-10-17-11(18-12(21)5-4-6-13(18)22)9-16(28)25-19(17)27(26-10)20-23-14-7-2-3-8-15(14)24-20/h2-8,11H,9H2,1H3,(H,23,24)(H,25,28)/t11-/m1/s1. The Morgan fingerprint density at radius 1 is 1.07 bits per heavy atom. The molecule has 0 saturated carbocycles. The average Bonchev–Trinajstić information content (AvgIpc) is 3.22. The maximum absolute atomic E-state index is 14.4. The number of fused-ring (bicyclic) bond motifs is 2. The second-order valence-corrected chi connectivity index (χ2v) is 6.78. The first-order valence-electron chi connectivity index (χ1n) is 8.81. The lowest BCUT2D eigenvalue weighted by Crippen LogP contribution is -2.26. The van der Waals surface area contributed by atoms with Gasteiger partial charge in [-0.1, -0.05) is 18.2 Å². The Morgan fingerprint density at radius 2 is 1.82 bits per heavy atom. The quantitative estimate of drug-likeness (QED) is 0.556. The molecular weight excluding hydrogens is 364 g/mol. The molecule has 1 atom stereocenters. The molecule has 1 amide bonds. The number of benzene rings is 2. The third kappa shape index (κ3) is 2.41. The summed E-state index contributed by atoms with van der Waals surface area (Å²) in [5, 5.41) is 7.28. The van der Waals surface area contributed by atoms with Crippen LogP contribution in [-0.2, 0) is 4.79 Å². The van der Waals surface area contributed by atoms with Gasteiger partial charge in [-0.05, 0) is 31.2 Å². The van der Waals surface area contributed by atoms with Crippen LogP contribution in [0.5, 0.6) is 0 Å². The third-order valence-corrected chi connectivity index (χ3v) is 5.03. The van der Waals surface area contributed by atoms with E-state index in [2.05, 4.69) is 20.4 Å². The molecule has 0 fully saturated rings. The molecule has 6 nitrogen and oxygen atoms in total. The van der Waals surface area contributed by atoms with Gasteiger partial charge in [-0.25, -0.2) is 13.8 Å². The minimum atomic E-state index is -0.761. The number of halogens is 2. The van der Waals surface area contributed by atoms with E-state index in [1.807, 2.05) is 24.3 Å². The lowest BCUT2D eigenvalue weighted by molar-refractivity contribution is -0.116. The van der Waals surface area contributed by atoms with Crippen LogP contribution in [0.15, 0.2) is 42.5 Å². The number of hydrogen-bond acceptors (Lipinski definition) is 3. The highest BCUT2D eigenvalue weighted by molar-refractivity contribution is 5.95. The summed E-state index contributed by atoms with van der Waals surface area (Å²) < 4.78 is 30.4. The van der Waals surface area contributed by atoms with Crippen molar-refractivity contribution in [1.29, 1.82) is 0 Å². The smallest absolute Gasteiger partial charge is 0.231 e. The van der Waals surface area contributed by atoms with Gasteiger partial charge in [0.25, 0.3) is 0 Å². The lowest BCUT2D eigenvalue weighted by atomic mass is 9.85. The van der Waals surface area contributed by atoms with Crippen molar-refractivity contribution in [2.24, 2.45) is 0 Å². The number of aromatic amines is 1. The van der Waals surface area contributed by atoms with Gasteiger partial charge in [0.05, 0.1) is 16.7 Å². The number of hydrogen-bond donors (Lipinski definition) is 2. The van der Waals surface area contributed by atoms with E-state index in [-0.39, 0.29) is 17.9 Å². The summed E-state index contributed by atoms with van der Waals surface area (Å²) in [7, 11) is 0. The van der Waals surface area contributed by atoms with Crippen LogP contribution in [0.25, 0.3) is 17.0 Å². The van der Waals surface area contributed by atoms with Gasteiger partial charge in [0.1, 0.15) is 17.5 Å². The zero-order chi connectivity index (χ0) is 19.4. The van der Waals surface area contributed by atoms with Crippen molar-refractivity contribution >= 4 is 22.8 Å². The Hall–Kier alpha value is -3.55. The van der Waals surface area contributed by atoms with Crippen LogP contribution < -0.4 is 5.32 Å². The molecule has 0 aliphatic carbocycles. The van der Waals surface area contributed by atoms with Crippen molar-refractivity contribution < 1.29 is 13.6 Å². The Morgan fingerprint density at radius 3 is 2.57 bits per heavy atom. The molecule has 28 heavy (non-hydrogen) atoms. The number of anilines is 1. The van der Waals surface area contributed by atoms with Gasteiger partial charge in [-0.15, -0.1) is 0 Å². The Balaban J connectivity index is 1.72. The van der Waals surface area contributed by atoms with Crippen LogP contribution in [0.4, 0.5) is 14.6 Å². The largest absolute Gasteiger partial charge is 0.322 e. The molecule has 1 aliphatic heterocycles. The van der Waals surface area contributed by atoms with Gasteiger partial charge in [0.2, 0.25) is 11.9 Å². The molecule has 3 heterocycles. The number of aromatic nitrogens is 4. The van der Waals surface area contributed by atoms with E-state index in [4.69, 9.17) is 0 Å². The van der Waals surface area contributed by atoms with Gasteiger partial charge in [0, 0.05) is 23.5 Å². The van der Waals surface area contributed by atoms with E-state index in [9.17, 15) is 13.6 Å². The van der Waals surface area contributed by atoms with Gasteiger partial charge < -0.3 is 10.3 Å². The fourth-order valence-electron chi connectivity index (χ4n) is 3.83. The van der Waals surface area contributed by atoms with Crippen LogP contribution in [0.1, 0.15) is 29.2 Å². The number of para-hydroxylation sites is 2. The van der Waals surface area contributed by atoms with E-state index in [0.29, 0.717) is 23.0 Å². The van der Waals surface area contributed by atoms with Crippen LogP contribution in [0, 0.1) is 18.6 Å². The second kappa shape index (κ2) is 5.98. The molecular formula is C20H15F2N5O. The number of imidazole rings is 1. The summed E-state index contributed by atoms with van der Waals surface area (Å²) in [4.78, 5) is 20.0. The van der Waals surface area contributed by atoms with E-state index in [1.54, 1.807) is 6.92 Å². The number of H-pyrrole nitrogens is 1.